The van der Waals surface area contributed by atoms with Crippen molar-refractivity contribution in [3.63, 3.8) is 0 Å². The van der Waals surface area contributed by atoms with Crippen LogP contribution in [0.5, 0.6) is 0 Å². The van der Waals surface area contributed by atoms with Crippen molar-refractivity contribution in [2.24, 2.45) is 0 Å². The molecule has 0 aliphatic carbocycles. The van der Waals surface area contributed by atoms with E-state index < -0.39 is 43.9 Å². The minimum absolute atomic E-state index is 0.466. The Morgan fingerprint density at radius 3 is 2.29 bits per heavy atom. The van der Waals surface area contributed by atoms with E-state index in [4.69, 9.17) is 0 Å². The molecule has 8 heteroatoms. The Hall–Kier alpha value is -1.53. The van der Waals surface area contributed by atoms with Crippen LogP contribution in [0.25, 0.3) is 0 Å². The van der Waals surface area contributed by atoms with Crippen molar-refractivity contribution >= 4 is 31.3 Å². The van der Waals surface area contributed by atoms with Crippen LogP contribution in [0.4, 0.5) is 13.2 Å². The number of ether oxygens (including phenoxy) is 1. The summed E-state index contributed by atoms with van der Waals surface area (Å²) < 4.78 is 42.2. The van der Waals surface area contributed by atoms with Crippen LogP contribution in [0.3, 0.4) is 0 Å². The Bertz CT molecular complexity index is 493. The number of hydrogen-bond donors (Lipinski definition) is 1. The van der Waals surface area contributed by atoms with Gasteiger partial charge in [0.05, 0.1) is 0 Å². The fourth-order valence-corrected chi connectivity index (χ4v) is 3.73. The molecule has 1 N–H and O–H groups in total. The van der Waals surface area contributed by atoms with Gasteiger partial charge in [-0.2, -0.15) is 0 Å². The second-order valence-electron chi connectivity index (χ2n) is 4.13. The molecule has 1 aromatic rings. The zero-order chi connectivity index (χ0) is 16.0. The molecule has 0 heterocycles. The van der Waals surface area contributed by atoms with E-state index in [1.807, 2.05) is 0 Å². The van der Waals surface area contributed by atoms with Crippen LogP contribution >= 0.6 is 0 Å². The van der Waals surface area contributed by atoms with Crippen molar-refractivity contribution < 1.29 is 27.5 Å². The van der Waals surface area contributed by atoms with Gasteiger partial charge in [0.15, 0.2) is 0 Å². The molecule has 1 unspecified atom stereocenters. The predicted octanol–water partition coefficient (Wildman–Crippen LogP) is 1.04. The Balaban J connectivity index is 2.83. The number of amides is 1. The van der Waals surface area contributed by atoms with Crippen molar-refractivity contribution in [2.75, 3.05) is 7.11 Å². The number of carbonyl (C=O) groups is 2. The van der Waals surface area contributed by atoms with Gasteiger partial charge in [0.25, 0.3) is 0 Å². The fourth-order valence-electron chi connectivity index (χ4n) is 1.48. The molecule has 0 saturated heterocycles. The van der Waals surface area contributed by atoms with Gasteiger partial charge in [0, 0.05) is 0 Å². The average Bonchev–Trinajstić information content (AvgIpc) is 2.43. The Labute approximate surface area is 126 Å². The molecule has 0 spiro atoms. The van der Waals surface area contributed by atoms with Crippen molar-refractivity contribution in [3.05, 3.63) is 30.3 Å². The number of benzene rings is 1. The molecule has 0 fully saturated rings. The maximum atomic E-state index is 12.3. The number of hydrogen-bond acceptors (Lipinski definition) is 3. The van der Waals surface area contributed by atoms with Gasteiger partial charge < -0.3 is 0 Å². The number of esters is 1. The normalized spacial score (nSPS) is 14.1. The number of rotatable bonds is 5. The van der Waals surface area contributed by atoms with Gasteiger partial charge in [0.2, 0.25) is 0 Å². The van der Waals surface area contributed by atoms with Crippen LogP contribution in [-0.2, 0) is 14.3 Å². The fraction of sp³-hybridized carbons (Fsp3) is 0.385. The summed E-state index contributed by atoms with van der Waals surface area (Å²) in [6.45, 7) is 1.36. The van der Waals surface area contributed by atoms with E-state index in [2.05, 4.69) is 4.74 Å². The molecule has 4 nitrogen and oxygen atoms in total. The first-order chi connectivity index (χ1) is 9.75. The van der Waals surface area contributed by atoms with Gasteiger partial charge in [-0.25, -0.2) is 0 Å². The average molecular weight is 368 g/mol. The molecule has 0 aliphatic heterocycles. The molecule has 116 valence electrons. The third-order valence-corrected chi connectivity index (χ3v) is 5.45. The van der Waals surface area contributed by atoms with E-state index >= 15 is 0 Å². The van der Waals surface area contributed by atoms with Crippen LogP contribution in [0.1, 0.15) is 6.92 Å². The van der Waals surface area contributed by atoms with Crippen LogP contribution < -0.4 is 9.78 Å². The number of carbonyl (C=O) groups excluding carboxylic acids is 2. The van der Waals surface area contributed by atoms with Gasteiger partial charge in [-0.15, -0.1) is 0 Å². The third kappa shape index (κ3) is 5.40. The molecule has 1 amide bonds. The molecule has 0 radical (unpaired) electrons. The molecule has 21 heavy (non-hydrogen) atoms. The van der Waals surface area contributed by atoms with E-state index in [0.717, 1.165) is 11.6 Å². The van der Waals surface area contributed by atoms with Crippen LogP contribution in [0.15, 0.2) is 30.3 Å². The van der Waals surface area contributed by atoms with Crippen LogP contribution in [0, 0.1) is 0 Å². The second kappa shape index (κ2) is 7.47. The number of alkyl halides is 3. The summed E-state index contributed by atoms with van der Waals surface area (Å²) in [5, 5.41) is 1.81. The molecular weight excluding hydrogens is 354 g/mol. The molecule has 1 aromatic carbocycles. The first-order valence-corrected chi connectivity index (χ1v) is 7.77. The van der Waals surface area contributed by atoms with Gasteiger partial charge in [0.1, 0.15) is 0 Å². The molecular formula is C13H14F3NO3Se. The van der Waals surface area contributed by atoms with Crippen molar-refractivity contribution in [2.45, 2.75) is 24.0 Å². The van der Waals surface area contributed by atoms with Crippen LogP contribution in [-0.4, -0.2) is 46.2 Å². The monoisotopic (exact) mass is 369 g/mol. The van der Waals surface area contributed by atoms with E-state index in [1.54, 1.807) is 35.6 Å². The summed E-state index contributed by atoms with van der Waals surface area (Å²) in [5.41, 5.74) is 0. The number of nitrogens with one attached hydrogen (secondary N) is 1. The van der Waals surface area contributed by atoms with Crippen molar-refractivity contribution in [3.8, 4) is 0 Å². The van der Waals surface area contributed by atoms with Crippen molar-refractivity contribution in [1.29, 1.82) is 0 Å². The van der Waals surface area contributed by atoms with Gasteiger partial charge in [-0.05, 0) is 0 Å². The summed E-state index contributed by atoms with van der Waals surface area (Å²) in [5.74, 6) is -2.71. The SMILES string of the molecule is COC(=O)C([Se]c1ccccc1)[C@H](C)NC(=O)C(F)(F)F. The quantitative estimate of drug-likeness (QED) is 0.625. The Morgan fingerprint density at radius 2 is 1.81 bits per heavy atom. The Kier molecular flexibility index (Phi) is 6.23. The molecule has 0 bridgehead atoms. The first-order valence-electron chi connectivity index (χ1n) is 5.93. The molecule has 1 rings (SSSR count). The first kappa shape index (κ1) is 17.5. The summed E-state index contributed by atoms with van der Waals surface area (Å²) in [7, 11) is 1.16. The van der Waals surface area contributed by atoms with Gasteiger partial charge >= 0.3 is 126 Å². The standard InChI is InChI=1S/C13H14F3NO3Se/c1-8(17-12(19)13(14,15)16)10(11(18)20-2)21-9-6-4-3-5-7-9/h3-8,10H,1-2H3,(H,17,19)/t8-,10?/m0/s1. The zero-order valence-electron chi connectivity index (χ0n) is 11.3. The summed E-state index contributed by atoms with van der Waals surface area (Å²) in [6.07, 6.45) is -4.98. The number of halogens is 3. The van der Waals surface area contributed by atoms with E-state index in [1.165, 1.54) is 6.92 Å². The summed E-state index contributed by atoms with van der Waals surface area (Å²) in [6, 6.07) is 7.89. The van der Waals surface area contributed by atoms with Gasteiger partial charge in [-0.1, -0.05) is 0 Å². The minimum atomic E-state index is -4.98. The Morgan fingerprint density at radius 1 is 1.24 bits per heavy atom. The number of methoxy groups -OCH3 is 1. The van der Waals surface area contributed by atoms with E-state index in [0.29, 0.717) is 0 Å². The maximum absolute atomic E-state index is 12.3. The summed E-state index contributed by atoms with van der Waals surface area (Å²) in [4.78, 5) is 21.9. The molecule has 2 atom stereocenters. The van der Waals surface area contributed by atoms with Crippen molar-refractivity contribution in [1.82, 2.24) is 5.32 Å². The molecule has 0 aromatic heterocycles. The molecule has 0 aliphatic rings. The van der Waals surface area contributed by atoms with E-state index in [9.17, 15) is 22.8 Å². The second-order valence-corrected chi connectivity index (χ2v) is 6.68. The topological polar surface area (TPSA) is 55.4 Å². The predicted molar refractivity (Wildman–Crippen MR) is 71.3 cm³/mol. The third-order valence-electron chi connectivity index (χ3n) is 2.51. The van der Waals surface area contributed by atoms with Crippen LogP contribution in [0.2, 0.25) is 4.82 Å². The summed E-state index contributed by atoms with van der Waals surface area (Å²) >= 11 is -0.466. The molecule has 0 saturated carbocycles. The van der Waals surface area contributed by atoms with E-state index in [-0.39, 0.29) is 0 Å². The zero-order valence-corrected chi connectivity index (χ0v) is 13.0. The van der Waals surface area contributed by atoms with Gasteiger partial charge in [-0.3, -0.25) is 0 Å².